The van der Waals surface area contributed by atoms with E-state index in [9.17, 15) is 23.6 Å². The van der Waals surface area contributed by atoms with Gasteiger partial charge in [0.05, 0.1) is 10.7 Å². The highest BCUT2D eigenvalue weighted by Gasteiger charge is 2.17. The summed E-state index contributed by atoms with van der Waals surface area (Å²) in [6, 6.07) is 14.8. The number of benzene rings is 2. The Hall–Kier alpha value is -2.29. The van der Waals surface area contributed by atoms with E-state index in [1.54, 1.807) is 0 Å². The maximum atomic E-state index is 12.3. The molecule has 0 spiro atoms. The molecule has 0 saturated heterocycles. The summed E-state index contributed by atoms with van der Waals surface area (Å²) in [4.78, 5) is 10.1. The van der Waals surface area contributed by atoms with E-state index in [0.717, 1.165) is 5.56 Å². The summed E-state index contributed by atoms with van der Waals surface area (Å²) in [6.07, 6.45) is 0.448. The number of non-ortho nitro benzene ring substituents is 1. The number of nitrogens with one attached hydrogen (secondary N) is 1. The number of rotatable bonds is 9. The van der Waals surface area contributed by atoms with Gasteiger partial charge in [-0.2, -0.15) is 0 Å². The van der Waals surface area contributed by atoms with Crippen molar-refractivity contribution >= 4 is 15.7 Å². The molecule has 0 radical (unpaired) electrons. The summed E-state index contributed by atoms with van der Waals surface area (Å²) in [6.45, 7) is 0.142. The van der Waals surface area contributed by atoms with E-state index in [0.29, 0.717) is 12.0 Å². The van der Waals surface area contributed by atoms with Gasteiger partial charge in [-0.1, -0.05) is 42.5 Å². The van der Waals surface area contributed by atoms with Crippen molar-refractivity contribution in [2.24, 2.45) is 0 Å². The van der Waals surface area contributed by atoms with Crippen LogP contribution in [0.5, 0.6) is 0 Å². The van der Waals surface area contributed by atoms with Crippen molar-refractivity contribution in [3.8, 4) is 0 Å². The molecule has 0 fully saturated rings. The van der Waals surface area contributed by atoms with E-state index in [4.69, 9.17) is 0 Å². The highest BCUT2D eigenvalue weighted by Crippen LogP contribution is 2.19. The first-order valence-corrected chi connectivity index (χ1v) is 9.43. The Balaban J connectivity index is 2.00. The maximum Gasteiger partial charge on any atom is 0.269 e. The van der Waals surface area contributed by atoms with Crippen molar-refractivity contribution in [1.29, 1.82) is 0 Å². The fraction of sp³-hybridized carbons (Fsp3) is 0.294. The van der Waals surface area contributed by atoms with Crippen LogP contribution in [0.25, 0.3) is 0 Å². The van der Waals surface area contributed by atoms with Crippen LogP contribution in [0.1, 0.15) is 23.5 Å². The summed E-state index contributed by atoms with van der Waals surface area (Å²) < 4.78 is 27.1. The standard InChI is InChI=1S/C17H20N2O5S/c20-11-10-16(15-4-2-1-3-5-15)12-18-25(23,24)13-14-6-8-17(9-7-14)19(21)22/h1-9,16,18,20H,10-13H2. The fourth-order valence-electron chi connectivity index (χ4n) is 2.48. The first-order valence-electron chi connectivity index (χ1n) is 7.78. The summed E-state index contributed by atoms with van der Waals surface area (Å²) in [5, 5.41) is 19.8. The zero-order chi connectivity index (χ0) is 18.3. The number of hydrogen-bond donors (Lipinski definition) is 2. The van der Waals surface area contributed by atoms with Gasteiger partial charge in [-0.3, -0.25) is 10.1 Å². The van der Waals surface area contributed by atoms with Crippen LogP contribution >= 0.6 is 0 Å². The number of nitrogens with zero attached hydrogens (tertiary/aromatic N) is 1. The van der Waals surface area contributed by atoms with Crippen LogP contribution in [0.2, 0.25) is 0 Å². The van der Waals surface area contributed by atoms with Crippen molar-refractivity contribution in [3.63, 3.8) is 0 Å². The molecule has 134 valence electrons. The van der Waals surface area contributed by atoms with Crippen molar-refractivity contribution < 1.29 is 18.4 Å². The molecule has 1 unspecified atom stereocenters. The molecule has 7 nitrogen and oxygen atoms in total. The van der Waals surface area contributed by atoms with Gasteiger partial charge in [0, 0.05) is 25.3 Å². The highest BCUT2D eigenvalue weighted by atomic mass is 32.2. The quantitative estimate of drug-likeness (QED) is 0.523. The fourth-order valence-corrected chi connectivity index (χ4v) is 3.67. The molecule has 2 aromatic carbocycles. The van der Waals surface area contributed by atoms with Crippen LogP contribution in [0.4, 0.5) is 5.69 Å². The summed E-state index contributed by atoms with van der Waals surface area (Å²) in [7, 11) is -3.59. The van der Waals surface area contributed by atoms with Crippen LogP contribution in [-0.4, -0.2) is 31.6 Å². The summed E-state index contributed by atoms with van der Waals surface area (Å²) in [5.74, 6) is -0.385. The lowest BCUT2D eigenvalue weighted by molar-refractivity contribution is -0.384. The van der Waals surface area contributed by atoms with Crippen LogP contribution in [0.15, 0.2) is 54.6 Å². The molecule has 0 amide bonds. The SMILES string of the molecule is O=[N+]([O-])c1ccc(CS(=O)(=O)NCC(CCO)c2ccccc2)cc1. The van der Waals surface area contributed by atoms with Gasteiger partial charge in [-0.25, -0.2) is 13.1 Å². The molecule has 2 N–H and O–H groups in total. The van der Waals surface area contributed by atoms with E-state index in [1.807, 2.05) is 30.3 Å². The molecule has 0 bridgehead atoms. The summed E-state index contributed by atoms with van der Waals surface area (Å²) in [5.41, 5.74) is 1.34. The van der Waals surface area contributed by atoms with Gasteiger partial charge in [0.15, 0.2) is 0 Å². The third-order valence-corrected chi connectivity index (χ3v) is 5.12. The van der Waals surface area contributed by atoms with Crippen LogP contribution in [0.3, 0.4) is 0 Å². The zero-order valence-corrected chi connectivity index (χ0v) is 14.4. The molecule has 8 heteroatoms. The second kappa shape index (κ2) is 8.70. The molecule has 2 aromatic rings. The minimum Gasteiger partial charge on any atom is -0.396 e. The lowest BCUT2D eigenvalue weighted by Gasteiger charge is -2.17. The van der Waals surface area contributed by atoms with Crippen molar-refractivity contribution in [2.75, 3.05) is 13.2 Å². The first-order chi connectivity index (χ1) is 11.9. The van der Waals surface area contributed by atoms with E-state index in [2.05, 4.69) is 4.72 Å². The van der Waals surface area contributed by atoms with Gasteiger partial charge >= 0.3 is 0 Å². The van der Waals surface area contributed by atoms with E-state index < -0.39 is 14.9 Å². The van der Waals surface area contributed by atoms with Crippen LogP contribution < -0.4 is 4.72 Å². The molecule has 0 heterocycles. The van der Waals surface area contributed by atoms with Gasteiger partial charge in [-0.15, -0.1) is 0 Å². The monoisotopic (exact) mass is 364 g/mol. The molecular weight excluding hydrogens is 344 g/mol. The predicted octanol–water partition coefficient (Wildman–Crippen LogP) is 2.18. The molecule has 1 atom stereocenters. The Morgan fingerprint density at radius 1 is 1.08 bits per heavy atom. The third-order valence-electron chi connectivity index (χ3n) is 3.80. The van der Waals surface area contributed by atoms with E-state index >= 15 is 0 Å². The molecule has 2 rings (SSSR count). The number of nitro benzene ring substituents is 1. The Bertz CT molecular complexity index is 792. The van der Waals surface area contributed by atoms with Crippen LogP contribution in [0, 0.1) is 10.1 Å². The number of hydrogen-bond acceptors (Lipinski definition) is 5. The largest absolute Gasteiger partial charge is 0.396 e. The molecule has 0 aromatic heterocycles. The number of sulfonamides is 1. The maximum absolute atomic E-state index is 12.3. The molecule has 0 aliphatic rings. The second-order valence-electron chi connectivity index (χ2n) is 5.65. The third kappa shape index (κ3) is 5.93. The number of aliphatic hydroxyl groups is 1. The van der Waals surface area contributed by atoms with Gasteiger partial charge in [-0.05, 0) is 23.5 Å². The molecule has 0 aliphatic heterocycles. The normalized spacial score (nSPS) is 12.7. The van der Waals surface area contributed by atoms with Gasteiger partial charge < -0.3 is 5.11 Å². The van der Waals surface area contributed by atoms with Crippen LogP contribution in [-0.2, 0) is 15.8 Å². The average Bonchev–Trinajstić information content (AvgIpc) is 2.59. The van der Waals surface area contributed by atoms with Crippen molar-refractivity contribution in [3.05, 3.63) is 75.8 Å². The lowest BCUT2D eigenvalue weighted by atomic mass is 9.96. The number of aliphatic hydroxyl groups excluding tert-OH is 1. The van der Waals surface area contributed by atoms with Crippen molar-refractivity contribution in [2.45, 2.75) is 18.1 Å². The molecule has 0 saturated carbocycles. The minimum atomic E-state index is -3.59. The highest BCUT2D eigenvalue weighted by molar-refractivity contribution is 7.88. The van der Waals surface area contributed by atoms with Crippen molar-refractivity contribution in [1.82, 2.24) is 4.72 Å². The van der Waals surface area contributed by atoms with Gasteiger partial charge in [0.2, 0.25) is 10.0 Å². The topological polar surface area (TPSA) is 110 Å². The lowest BCUT2D eigenvalue weighted by Crippen LogP contribution is -2.30. The van der Waals surface area contributed by atoms with E-state index in [1.165, 1.54) is 24.3 Å². The Morgan fingerprint density at radius 3 is 2.28 bits per heavy atom. The minimum absolute atomic E-state index is 0.0381. The Morgan fingerprint density at radius 2 is 1.72 bits per heavy atom. The van der Waals surface area contributed by atoms with Gasteiger partial charge in [0.1, 0.15) is 0 Å². The Kier molecular flexibility index (Phi) is 6.63. The first kappa shape index (κ1) is 19.0. The van der Waals surface area contributed by atoms with E-state index in [-0.39, 0.29) is 30.5 Å². The average molecular weight is 364 g/mol. The number of nitro groups is 1. The molecule has 25 heavy (non-hydrogen) atoms. The zero-order valence-electron chi connectivity index (χ0n) is 13.5. The second-order valence-corrected chi connectivity index (χ2v) is 7.46. The molecular formula is C17H20N2O5S. The summed E-state index contributed by atoms with van der Waals surface area (Å²) >= 11 is 0. The smallest absolute Gasteiger partial charge is 0.269 e. The molecule has 0 aliphatic carbocycles. The predicted molar refractivity (Wildman–Crippen MR) is 94.6 cm³/mol. The Labute approximate surface area is 146 Å². The van der Waals surface area contributed by atoms with Gasteiger partial charge in [0.25, 0.3) is 5.69 Å².